The van der Waals surface area contributed by atoms with Gasteiger partial charge in [0.15, 0.2) is 0 Å². The quantitative estimate of drug-likeness (QED) is 0.307. The van der Waals surface area contributed by atoms with Crippen LogP contribution >= 0.6 is 11.6 Å². The average molecular weight is 216 g/mol. The van der Waals surface area contributed by atoms with E-state index in [1.807, 2.05) is 0 Å². The Morgan fingerprint density at radius 3 is 3.00 bits per heavy atom. The Bertz CT molecular complexity index is 310. The van der Waals surface area contributed by atoms with Gasteiger partial charge in [-0.2, -0.15) is 0 Å². The molecule has 0 aromatic heterocycles. The second-order valence-electron chi connectivity index (χ2n) is 3.00. The smallest absolute Gasteiger partial charge is 0.303 e. The van der Waals surface area contributed by atoms with Crippen LogP contribution in [0.4, 0.5) is 0 Å². The summed E-state index contributed by atoms with van der Waals surface area (Å²) in [6.45, 7) is 1.35. The number of carbonyl (C=O) groups excluding carboxylic acids is 1. The molecule has 14 heavy (non-hydrogen) atoms. The van der Waals surface area contributed by atoms with Crippen molar-refractivity contribution in [2.45, 2.75) is 31.9 Å². The van der Waals surface area contributed by atoms with Crippen LogP contribution in [0.25, 0.3) is 10.4 Å². The number of hydrogen-bond donors (Lipinski definition) is 0. The van der Waals surface area contributed by atoms with Crippen molar-refractivity contribution < 1.29 is 9.53 Å². The number of hydrogen-bond acceptors (Lipinski definition) is 3. The van der Waals surface area contributed by atoms with Crippen LogP contribution in [0, 0.1) is 0 Å². The fourth-order valence-electron chi connectivity index (χ4n) is 1.31. The summed E-state index contributed by atoms with van der Waals surface area (Å²) in [5, 5.41) is 3.96. The first kappa shape index (κ1) is 10.9. The van der Waals surface area contributed by atoms with Crippen molar-refractivity contribution in [3.8, 4) is 0 Å². The summed E-state index contributed by atoms with van der Waals surface area (Å²) in [4.78, 5) is 13.3. The van der Waals surface area contributed by atoms with E-state index in [4.69, 9.17) is 21.9 Å². The molecule has 0 spiro atoms. The molecule has 1 rings (SSSR count). The van der Waals surface area contributed by atoms with Crippen LogP contribution in [0.3, 0.4) is 0 Å². The molecule has 0 aromatic rings. The first-order valence-electron chi connectivity index (χ1n) is 4.22. The molecular weight excluding hydrogens is 206 g/mol. The van der Waals surface area contributed by atoms with Gasteiger partial charge in [-0.1, -0.05) is 16.7 Å². The molecule has 2 unspecified atom stereocenters. The van der Waals surface area contributed by atoms with Gasteiger partial charge in [0.1, 0.15) is 6.10 Å². The van der Waals surface area contributed by atoms with E-state index in [0.717, 1.165) is 0 Å². The molecule has 0 bridgehead atoms. The van der Waals surface area contributed by atoms with E-state index in [1.165, 1.54) is 6.92 Å². The van der Waals surface area contributed by atoms with E-state index in [1.54, 1.807) is 6.08 Å². The highest BCUT2D eigenvalue weighted by atomic mass is 35.5. The lowest BCUT2D eigenvalue weighted by Crippen LogP contribution is -2.22. The third-order valence-corrected chi connectivity index (χ3v) is 2.27. The molecule has 6 heteroatoms. The minimum atomic E-state index is -0.335. The van der Waals surface area contributed by atoms with E-state index in [9.17, 15) is 4.79 Å². The first-order chi connectivity index (χ1) is 6.63. The predicted octanol–water partition coefficient (Wildman–Crippen LogP) is 2.51. The van der Waals surface area contributed by atoms with Gasteiger partial charge in [0.05, 0.1) is 6.04 Å². The average Bonchev–Trinajstić information content (AvgIpc) is 2.09. The molecule has 0 saturated heterocycles. The van der Waals surface area contributed by atoms with Crippen LogP contribution in [-0.4, -0.2) is 18.1 Å². The van der Waals surface area contributed by atoms with E-state index in [-0.39, 0.29) is 18.1 Å². The number of carbonyl (C=O) groups is 1. The molecule has 0 heterocycles. The number of ether oxygens (including phenoxy) is 1. The molecule has 1 aliphatic carbocycles. The van der Waals surface area contributed by atoms with Gasteiger partial charge in [-0.15, -0.1) is 0 Å². The summed E-state index contributed by atoms with van der Waals surface area (Å²) in [5.41, 5.74) is 8.23. The molecule has 0 saturated carbocycles. The van der Waals surface area contributed by atoms with Gasteiger partial charge >= 0.3 is 5.97 Å². The highest BCUT2D eigenvalue weighted by molar-refractivity contribution is 6.30. The first-order valence-corrected chi connectivity index (χ1v) is 4.60. The molecule has 0 aliphatic heterocycles. The summed E-state index contributed by atoms with van der Waals surface area (Å²) in [6, 6.07) is -0.312. The van der Waals surface area contributed by atoms with Crippen molar-refractivity contribution in [3.63, 3.8) is 0 Å². The van der Waals surface area contributed by atoms with Gasteiger partial charge in [-0.05, 0) is 24.4 Å². The van der Waals surface area contributed by atoms with Crippen LogP contribution in [0.5, 0.6) is 0 Å². The van der Waals surface area contributed by atoms with E-state index >= 15 is 0 Å². The van der Waals surface area contributed by atoms with Crippen molar-refractivity contribution in [3.05, 3.63) is 21.6 Å². The minimum absolute atomic E-state index is 0.287. The fraction of sp³-hybridized carbons (Fsp3) is 0.625. The lowest BCUT2D eigenvalue weighted by Gasteiger charge is -2.22. The largest absolute Gasteiger partial charge is 0.458 e. The zero-order valence-corrected chi connectivity index (χ0v) is 8.44. The maximum absolute atomic E-state index is 10.6. The number of halogens is 1. The molecule has 2 atom stereocenters. The Morgan fingerprint density at radius 2 is 2.50 bits per heavy atom. The highest BCUT2D eigenvalue weighted by Gasteiger charge is 2.22. The van der Waals surface area contributed by atoms with Gasteiger partial charge in [0, 0.05) is 16.9 Å². The Balaban J connectivity index is 2.65. The highest BCUT2D eigenvalue weighted by Crippen LogP contribution is 2.26. The van der Waals surface area contributed by atoms with Gasteiger partial charge in [0.2, 0.25) is 0 Å². The van der Waals surface area contributed by atoms with E-state index in [0.29, 0.717) is 17.9 Å². The summed E-state index contributed by atoms with van der Waals surface area (Å²) >= 11 is 5.84. The predicted molar refractivity (Wildman–Crippen MR) is 51.7 cm³/mol. The number of esters is 1. The Labute approximate surface area is 86.3 Å². The van der Waals surface area contributed by atoms with E-state index in [2.05, 4.69) is 10.0 Å². The zero-order valence-electron chi connectivity index (χ0n) is 7.68. The van der Waals surface area contributed by atoms with Crippen LogP contribution in [0.1, 0.15) is 19.8 Å². The topological polar surface area (TPSA) is 75.1 Å². The van der Waals surface area contributed by atoms with Crippen molar-refractivity contribution in [2.24, 2.45) is 5.11 Å². The Hall–Kier alpha value is -1.19. The molecule has 0 fully saturated rings. The Morgan fingerprint density at radius 1 is 1.79 bits per heavy atom. The molecule has 76 valence electrons. The van der Waals surface area contributed by atoms with Crippen LogP contribution in [-0.2, 0) is 9.53 Å². The van der Waals surface area contributed by atoms with Crippen molar-refractivity contribution in [2.75, 3.05) is 0 Å². The molecular formula is C8H10ClN3O2. The summed E-state index contributed by atoms with van der Waals surface area (Å²) in [5.74, 6) is -0.335. The third-order valence-electron chi connectivity index (χ3n) is 1.90. The summed E-state index contributed by atoms with van der Waals surface area (Å²) < 4.78 is 4.95. The molecule has 5 nitrogen and oxygen atoms in total. The SMILES string of the molecule is CC(=O)OC1C=C(Cl)C(N=[N+]=[N-])CC1. The lowest BCUT2D eigenvalue weighted by atomic mass is 10.0. The van der Waals surface area contributed by atoms with Crippen molar-refractivity contribution in [1.82, 2.24) is 0 Å². The van der Waals surface area contributed by atoms with Crippen LogP contribution < -0.4 is 0 Å². The Kier molecular flexibility index (Phi) is 3.80. The van der Waals surface area contributed by atoms with Crippen molar-refractivity contribution in [1.29, 1.82) is 0 Å². The summed E-state index contributed by atoms with van der Waals surface area (Å²) in [7, 11) is 0. The second kappa shape index (κ2) is 4.88. The third kappa shape index (κ3) is 2.94. The van der Waals surface area contributed by atoms with Gasteiger partial charge < -0.3 is 4.74 Å². The number of rotatable bonds is 2. The van der Waals surface area contributed by atoms with Gasteiger partial charge in [-0.3, -0.25) is 4.79 Å². The maximum atomic E-state index is 10.6. The monoisotopic (exact) mass is 215 g/mol. The number of nitrogens with zero attached hydrogens (tertiary/aromatic N) is 3. The minimum Gasteiger partial charge on any atom is -0.458 e. The van der Waals surface area contributed by atoms with Crippen LogP contribution in [0.2, 0.25) is 0 Å². The molecule has 0 radical (unpaired) electrons. The zero-order chi connectivity index (χ0) is 10.6. The van der Waals surface area contributed by atoms with Gasteiger partial charge in [0.25, 0.3) is 0 Å². The van der Waals surface area contributed by atoms with E-state index < -0.39 is 0 Å². The molecule has 0 N–H and O–H groups in total. The molecule has 0 amide bonds. The molecule has 1 aliphatic rings. The summed E-state index contributed by atoms with van der Waals surface area (Å²) in [6.07, 6.45) is 2.58. The number of azide groups is 1. The van der Waals surface area contributed by atoms with Crippen LogP contribution in [0.15, 0.2) is 16.2 Å². The maximum Gasteiger partial charge on any atom is 0.303 e. The fourth-order valence-corrected chi connectivity index (χ4v) is 1.61. The second-order valence-corrected chi connectivity index (χ2v) is 3.43. The van der Waals surface area contributed by atoms with Gasteiger partial charge in [-0.25, -0.2) is 0 Å². The standard InChI is InChI=1S/C8H10ClN3O2/c1-5(13)14-6-2-3-8(11-12-10)7(9)4-6/h4,6,8H,2-3H2,1H3. The van der Waals surface area contributed by atoms with Crippen molar-refractivity contribution >= 4 is 17.6 Å². The molecule has 0 aromatic carbocycles. The normalized spacial score (nSPS) is 26.0. The lowest BCUT2D eigenvalue weighted by molar-refractivity contribution is -0.144.